The third-order valence-electron chi connectivity index (χ3n) is 11.0. The van der Waals surface area contributed by atoms with Crippen LogP contribution < -0.4 is 11.1 Å². The van der Waals surface area contributed by atoms with Crippen LogP contribution in [0.4, 0.5) is 0 Å². The molecule has 0 atom stereocenters. The number of rotatable bonds is 2. The van der Waals surface area contributed by atoms with Crippen molar-refractivity contribution in [3.63, 3.8) is 0 Å². The fourth-order valence-corrected chi connectivity index (χ4v) is 8.99. The van der Waals surface area contributed by atoms with E-state index in [1.54, 1.807) is 0 Å². The van der Waals surface area contributed by atoms with Gasteiger partial charge in [0.05, 0.1) is 10.8 Å². The van der Waals surface area contributed by atoms with Gasteiger partial charge in [-0.15, -0.1) is 0 Å². The predicted octanol–water partition coefficient (Wildman–Crippen LogP) is 11.6. The summed E-state index contributed by atoms with van der Waals surface area (Å²) in [6.45, 7) is 19.4. The molecule has 1 heterocycles. The van der Waals surface area contributed by atoms with Crippen molar-refractivity contribution < 1.29 is 0 Å². The van der Waals surface area contributed by atoms with Gasteiger partial charge in [0, 0.05) is 5.54 Å². The van der Waals surface area contributed by atoms with Crippen molar-refractivity contribution >= 4 is 64.6 Å². The zero-order chi connectivity index (χ0) is 34.5. The normalized spacial score (nSPS) is 13.6. The van der Waals surface area contributed by atoms with E-state index in [1.165, 1.54) is 48.0 Å². The summed E-state index contributed by atoms with van der Waals surface area (Å²) < 4.78 is 1.49. The van der Waals surface area contributed by atoms with E-state index in [9.17, 15) is 9.59 Å². The molecule has 0 aliphatic rings. The summed E-state index contributed by atoms with van der Waals surface area (Å²) in [6, 6.07) is 30.8. The number of nitrogens with zero attached hydrogens (tertiary/aromatic N) is 1. The summed E-state index contributed by atoms with van der Waals surface area (Å²) in [5.41, 5.74) is 5.77. The Hall–Kier alpha value is -5.02. The first kappa shape index (κ1) is 30.1. The highest BCUT2D eigenvalue weighted by Gasteiger charge is 2.32. The van der Waals surface area contributed by atoms with Crippen molar-refractivity contribution in [2.75, 3.05) is 0 Å². The standard InChI is InChI=1S/C46H41NO2/c1-44(2,3)33-16-12-10-14-25(33)29-22-31-38-36-27(29)20-18-24-19-21-28-30(26-15-11-13-17-34(26)45(4,5)6)23-32(39(38)37(28)35(24)36)41-40(31)42(48)47(43(41)49)46(7,8)9/h10-23H,1-9H3. The number of hydrogen-bond acceptors (Lipinski definition) is 2. The molecule has 3 nitrogen and oxygen atoms in total. The van der Waals surface area contributed by atoms with Gasteiger partial charge in [-0.25, -0.2) is 0 Å². The minimum absolute atomic E-state index is 0.0960. The number of hydrogen-bond donors (Lipinski definition) is 0. The zero-order valence-corrected chi connectivity index (χ0v) is 29.8. The maximum Gasteiger partial charge on any atom is 0.262 e. The molecular formula is C46H41NO2. The van der Waals surface area contributed by atoms with E-state index in [0.717, 1.165) is 43.8 Å². The van der Waals surface area contributed by atoms with E-state index in [0.29, 0.717) is 10.8 Å². The van der Waals surface area contributed by atoms with Crippen LogP contribution in [0.5, 0.6) is 0 Å². The summed E-state index contributed by atoms with van der Waals surface area (Å²) in [6.07, 6.45) is 0. The van der Waals surface area contributed by atoms with Crippen molar-refractivity contribution in [3.05, 3.63) is 117 Å². The van der Waals surface area contributed by atoms with Crippen molar-refractivity contribution in [3.8, 4) is 22.3 Å². The third kappa shape index (κ3) is 3.85. The molecule has 0 amide bonds. The number of benzene rings is 7. The molecule has 1 aromatic heterocycles. The third-order valence-corrected chi connectivity index (χ3v) is 11.0. The number of fused-ring (bicyclic) bond motifs is 3. The van der Waals surface area contributed by atoms with E-state index < -0.39 is 5.54 Å². The van der Waals surface area contributed by atoms with Crippen molar-refractivity contribution in [2.45, 2.75) is 78.7 Å². The summed E-state index contributed by atoms with van der Waals surface area (Å²) in [7, 11) is 0. The molecule has 9 aromatic rings. The van der Waals surface area contributed by atoms with Gasteiger partial charge in [-0.2, -0.15) is 0 Å². The Morgan fingerprint density at radius 1 is 0.408 bits per heavy atom. The first-order valence-electron chi connectivity index (χ1n) is 17.5. The second-order valence-electron chi connectivity index (χ2n) is 17.2. The van der Waals surface area contributed by atoms with Crippen molar-refractivity contribution in [1.82, 2.24) is 4.57 Å². The molecule has 0 aliphatic carbocycles. The summed E-state index contributed by atoms with van der Waals surface area (Å²) in [4.78, 5) is 29.4. The Morgan fingerprint density at radius 2 is 0.796 bits per heavy atom. The molecule has 0 N–H and O–H groups in total. The van der Waals surface area contributed by atoms with E-state index in [4.69, 9.17) is 0 Å². The van der Waals surface area contributed by atoms with Crippen molar-refractivity contribution in [2.24, 2.45) is 0 Å². The van der Waals surface area contributed by atoms with Crippen LogP contribution >= 0.6 is 0 Å². The van der Waals surface area contributed by atoms with Crippen LogP contribution in [0.25, 0.3) is 86.9 Å². The summed E-state index contributed by atoms with van der Waals surface area (Å²) in [5.74, 6) is 0. The molecule has 0 saturated carbocycles. The van der Waals surface area contributed by atoms with Crippen LogP contribution in [0, 0.1) is 0 Å². The van der Waals surface area contributed by atoms with Gasteiger partial charge in [0.2, 0.25) is 0 Å². The van der Waals surface area contributed by atoms with Gasteiger partial charge in [0.25, 0.3) is 11.1 Å². The maximum atomic E-state index is 14.7. The second-order valence-corrected chi connectivity index (χ2v) is 17.2. The molecule has 9 rings (SSSR count). The van der Waals surface area contributed by atoms with E-state index >= 15 is 0 Å². The van der Waals surface area contributed by atoms with Crippen LogP contribution in [0.2, 0.25) is 0 Å². The monoisotopic (exact) mass is 639 g/mol. The Labute approximate surface area is 286 Å². The molecule has 0 radical (unpaired) electrons. The van der Waals surface area contributed by atoms with Crippen LogP contribution in [-0.2, 0) is 16.4 Å². The molecule has 0 fully saturated rings. The average molecular weight is 640 g/mol. The first-order valence-corrected chi connectivity index (χ1v) is 17.5. The molecule has 3 heteroatoms. The second kappa shape index (κ2) is 9.36. The van der Waals surface area contributed by atoms with Crippen LogP contribution in [0.3, 0.4) is 0 Å². The first-order chi connectivity index (χ1) is 23.1. The van der Waals surface area contributed by atoms with E-state index in [1.807, 2.05) is 20.8 Å². The topological polar surface area (TPSA) is 39.1 Å². The summed E-state index contributed by atoms with van der Waals surface area (Å²) in [5, 5.41) is 12.2. The van der Waals surface area contributed by atoms with Gasteiger partial charge in [0.1, 0.15) is 0 Å². The molecule has 242 valence electrons. The Morgan fingerprint density at radius 3 is 1.18 bits per heavy atom. The molecule has 8 aromatic carbocycles. The molecule has 0 unspecified atom stereocenters. The Kier molecular flexibility index (Phi) is 5.74. The fourth-order valence-electron chi connectivity index (χ4n) is 8.99. The van der Waals surface area contributed by atoms with E-state index in [-0.39, 0.29) is 21.9 Å². The quantitative estimate of drug-likeness (QED) is 0.177. The van der Waals surface area contributed by atoms with Crippen LogP contribution in [-0.4, -0.2) is 4.57 Å². The van der Waals surface area contributed by atoms with Crippen molar-refractivity contribution in [1.29, 1.82) is 0 Å². The predicted molar refractivity (Wildman–Crippen MR) is 210 cm³/mol. The minimum Gasteiger partial charge on any atom is -0.269 e. The van der Waals surface area contributed by atoms with E-state index in [2.05, 4.69) is 126 Å². The highest BCUT2D eigenvalue weighted by molar-refractivity contribution is 6.50. The van der Waals surface area contributed by atoms with Gasteiger partial charge in [-0.3, -0.25) is 14.2 Å². The number of aromatic nitrogens is 1. The Bertz CT molecular complexity index is 2720. The lowest BCUT2D eigenvalue weighted by Gasteiger charge is -2.24. The van der Waals surface area contributed by atoms with Gasteiger partial charge in [0.15, 0.2) is 0 Å². The zero-order valence-electron chi connectivity index (χ0n) is 29.8. The lowest BCUT2D eigenvalue weighted by molar-refractivity contribution is 0.380. The smallest absolute Gasteiger partial charge is 0.262 e. The van der Waals surface area contributed by atoms with Crippen LogP contribution in [0.15, 0.2) is 94.5 Å². The molecule has 0 saturated heterocycles. The molecule has 0 aliphatic heterocycles. The largest absolute Gasteiger partial charge is 0.269 e. The minimum atomic E-state index is -0.675. The van der Waals surface area contributed by atoms with Gasteiger partial charge in [-0.05, 0) is 131 Å². The molecular weight excluding hydrogens is 599 g/mol. The lowest BCUT2D eigenvalue weighted by Crippen LogP contribution is -2.38. The molecule has 0 spiro atoms. The van der Waals surface area contributed by atoms with Gasteiger partial charge in [-0.1, -0.05) is 114 Å². The lowest BCUT2D eigenvalue weighted by atomic mass is 9.80. The highest BCUT2D eigenvalue weighted by Crippen LogP contribution is 2.54. The maximum absolute atomic E-state index is 14.7. The SMILES string of the molecule is CC(C)(C)c1ccccc1-c1cc2c3c(=O)n(C(C)(C)C)c(=O)c3c3cc(-c4ccccc4C(C)(C)C)c4ccc5ccc1c1c5c4c3c21. The average Bonchev–Trinajstić information content (AvgIpc) is 3.54. The summed E-state index contributed by atoms with van der Waals surface area (Å²) >= 11 is 0. The molecule has 0 bridgehead atoms. The van der Waals surface area contributed by atoms with Gasteiger partial charge < -0.3 is 0 Å². The Balaban J connectivity index is 1.61. The van der Waals surface area contributed by atoms with Crippen LogP contribution in [0.1, 0.15) is 73.4 Å². The highest BCUT2D eigenvalue weighted by atomic mass is 16.2. The molecule has 49 heavy (non-hydrogen) atoms. The fraction of sp³-hybridized carbons (Fsp3) is 0.261. The van der Waals surface area contributed by atoms with Gasteiger partial charge >= 0.3 is 0 Å².